The Kier molecular flexibility index (Phi) is 5.97. The summed E-state index contributed by atoms with van der Waals surface area (Å²) in [4.78, 5) is 22.7. The van der Waals surface area contributed by atoms with Gasteiger partial charge in [-0.05, 0) is 19.3 Å². The SMILES string of the molecule is O=C(CCCCC1SCC2NC(=O)NC21)NCCCO. The molecule has 0 saturated carbocycles. The van der Waals surface area contributed by atoms with E-state index in [4.69, 9.17) is 5.11 Å². The maximum atomic E-state index is 11.5. The fourth-order valence-electron chi connectivity index (χ4n) is 2.67. The molecule has 7 heteroatoms. The molecule has 0 aliphatic carbocycles. The van der Waals surface area contributed by atoms with Gasteiger partial charge < -0.3 is 21.1 Å². The van der Waals surface area contributed by atoms with Crippen LogP contribution in [0.25, 0.3) is 0 Å². The topological polar surface area (TPSA) is 90.5 Å². The zero-order chi connectivity index (χ0) is 14.4. The van der Waals surface area contributed by atoms with Gasteiger partial charge in [0, 0.05) is 30.6 Å². The molecule has 3 amide bonds. The highest BCUT2D eigenvalue weighted by molar-refractivity contribution is 8.00. The van der Waals surface area contributed by atoms with E-state index in [1.165, 1.54) is 0 Å². The lowest BCUT2D eigenvalue weighted by Crippen LogP contribution is -2.36. The van der Waals surface area contributed by atoms with E-state index in [1.54, 1.807) is 0 Å². The summed E-state index contributed by atoms with van der Waals surface area (Å²) in [5, 5.41) is 17.8. The number of rotatable bonds is 8. The second kappa shape index (κ2) is 7.73. The normalized spacial score (nSPS) is 27.9. The van der Waals surface area contributed by atoms with E-state index in [-0.39, 0.29) is 30.6 Å². The second-order valence-corrected chi connectivity index (χ2v) is 6.57. The maximum absolute atomic E-state index is 11.5. The van der Waals surface area contributed by atoms with E-state index in [0.29, 0.717) is 24.6 Å². The second-order valence-electron chi connectivity index (χ2n) is 5.29. The predicted molar refractivity (Wildman–Crippen MR) is 78.7 cm³/mol. The summed E-state index contributed by atoms with van der Waals surface area (Å²) in [5.74, 6) is 1.04. The van der Waals surface area contributed by atoms with Crippen molar-refractivity contribution in [1.29, 1.82) is 0 Å². The molecule has 0 bridgehead atoms. The van der Waals surface area contributed by atoms with Crippen molar-refractivity contribution in [2.75, 3.05) is 18.9 Å². The third-order valence-electron chi connectivity index (χ3n) is 3.74. The molecule has 2 aliphatic rings. The number of nitrogens with one attached hydrogen (secondary N) is 3. The van der Waals surface area contributed by atoms with E-state index in [2.05, 4.69) is 16.0 Å². The Balaban J connectivity index is 1.55. The standard InChI is InChI=1S/C13H23N3O3S/c17-7-3-6-14-11(18)5-2-1-4-10-12-9(8-20-10)15-13(19)16-12/h9-10,12,17H,1-8H2,(H,14,18)(H2,15,16,19). The van der Waals surface area contributed by atoms with Gasteiger partial charge in [0.1, 0.15) is 0 Å². The number of carbonyl (C=O) groups is 2. The third-order valence-corrected chi connectivity index (χ3v) is 5.25. The smallest absolute Gasteiger partial charge is 0.315 e. The molecule has 0 aromatic heterocycles. The van der Waals surface area contributed by atoms with E-state index < -0.39 is 0 Å². The molecule has 3 unspecified atom stereocenters. The first-order chi connectivity index (χ1) is 9.70. The summed E-state index contributed by atoms with van der Waals surface area (Å²) in [6.45, 7) is 0.663. The average molecular weight is 301 g/mol. The Morgan fingerprint density at radius 3 is 3.00 bits per heavy atom. The predicted octanol–water partition coefficient (Wildman–Crippen LogP) is 0.211. The highest BCUT2D eigenvalue weighted by atomic mass is 32.2. The molecule has 0 spiro atoms. The number of amides is 3. The minimum absolute atomic E-state index is 0.0476. The van der Waals surface area contributed by atoms with Crippen LogP contribution in [0.4, 0.5) is 4.79 Å². The number of unbranched alkanes of at least 4 members (excludes halogenated alkanes) is 1. The van der Waals surface area contributed by atoms with E-state index in [9.17, 15) is 9.59 Å². The van der Waals surface area contributed by atoms with Gasteiger partial charge in [-0.1, -0.05) is 6.42 Å². The lowest BCUT2D eigenvalue weighted by Gasteiger charge is -2.16. The number of urea groups is 1. The quantitative estimate of drug-likeness (QED) is 0.381. The van der Waals surface area contributed by atoms with Gasteiger partial charge in [-0.25, -0.2) is 4.79 Å². The minimum atomic E-state index is -0.0476. The summed E-state index contributed by atoms with van der Waals surface area (Å²) in [7, 11) is 0. The maximum Gasteiger partial charge on any atom is 0.315 e. The van der Waals surface area contributed by atoms with Crippen LogP contribution in [0.3, 0.4) is 0 Å². The monoisotopic (exact) mass is 301 g/mol. The van der Waals surface area contributed by atoms with Gasteiger partial charge in [0.25, 0.3) is 0 Å². The summed E-state index contributed by atoms with van der Waals surface area (Å²) in [6, 6.07) is 0.485. The van der Waals surface area contributed by atoms with E-state index in [0.717, 1.165) is 25.0 Å². The molecule has 2 aliphatic heterocycles. The van der Waals surface area contributed by atoms with Crippen molar-refractivity contribution in [2.45, 2.75) is 49.4 Å². The van der Waals surface area contributed by atoms with Gasteiger partial charge in [0.15, 0.2) is 0 Å². The van der Waals surface area contributed by atoms with Crippen LogP contribution in [0.1, 0.15) is 32.1 Å². The molecule has 2 rings (SSSR count). The summed E-state index contributed by atoms with van der Waals surface area (Å²) < 4.78 is 0. The fraction of sp³-hybridized carbons (Fsp3) is 0.846. The highest BCUT2D eigenvalue weighted by Crippen LogP contribution is 2.33. The first kappa shape index (κ1) is 15.4. The largest absolute Gasteiger partial charge is 0.396 e. The fourth-order valence-corrected chi connectivity index (χ4v) is 4.21. The Bertz CT molecular complexity index is 354. The molecule has 6 nitrogen and oxygen atoms in total. The summed E-state index contributed by atoms with van der Waals surface area (Å²) in [5.41, 5.74) is 0. The van der Waals surface area contributed by atoms with Crippen molar-refractivity contribution < 1.29 is 14.7 Å². The molecule has 0 aromatic rings. The van der Waals surface area contributed by atoms with Gasteiger partial charge in [-0.2, -0.15) is 11.8 Å². The van der Waals surface area contributed by atoms with Crippen LogP contribution < -0.4 is 16.0 Å². The Labute approximate surface area is 123 Å². The van der Waals surface area contributed by atoms with E-state index in [1.807, 2.05) is 11.8 Å². The summed E-state index contributed by atoms with van der Waals surface area (Å²) >= 11 is 1.91. The molecule has 20 heavy (non-hydrogen) atoms. The van der Waals surface area contributed by atoms with E-state index >= 15 is 0 Å². The number of hydrogen-bond acceptors (Lipinski definition) is 4. The van der Waals surface area contributed by atoms with Crippen molar-refractivity contribution in [2.24, 2.45) is 0 Å². The molecule has 2 saturated heterocycles. The zero-order valence-electron chi connectivity index (χ0n) is 11.6. The number of fused-ring (bicyclic) bond motifs is 1. The van der Waals surface area contributed by atoms with Gasteiger partial charge in [0.05, 0.1) is 12.1 Å². The average Bonchev–Trinajstić information content (AvgIpc) is 2.95. The number of carbonyl (C=O) groups excluding carboxylic acids is 2. The van der Waals surface area contributed by atoms with Crippen molar-refractivity contribution in [3.05, 3.63) is 0 Å². The first-order valence-corrected chi connectivity index (χ1v) is 8.32. The van der Waals surface area contributed by atoms with Gasteiger partial charge in [0.2, 0.25) is 5.91 Å². The lowest BCUT2D eigenvalue weighted by atomic mass is 10.0. The van der Waals surface area contributed by atoms with Gasteiger partial charge in [-0.3, -0.25) is 4.79 Å². The zero-order valence-corrected chi connectivity index (χ0v) is 12.4. The highest BCUT2D eigenvalue weighted by Gasteiger charge is 2.42. The van der Waals surface area contributed by atoms with Crippen LogP contribution in [0.2, 0.25) is 0 Å². The minimum Gasteiger partial charge on any atom is -0.396 e. The van der Waals surface area contributed by atoms with Crippen molar-refractivity contribution in [3.63, 3.8) is 0 Å². The Hall–Kier alpha value is -0.950. The van der Waals surface area contributed by atoms with Crippen LogP contribution >= 0.6 is 11.8 Å². The van der Waals surface area contributed by atoms with Crippen molar-refractivity contribution >= 4 is 23.7 Å². The van der Waals surface area contributed by atoms with Crippen LogP contribution in [-0.4, -0.2) is 53.3 Å². The first-order valence-electron chi connectivity index (χ1n) is 7.27. The molecule has 4 N–H and O–H groups in total. The van der Waals surface area contributed by atoms with Crippen LogP contribution in [0.5, 0.6) is 0 Å². The Morgan fingerprint density at radius 2 is 2.20 bits per heavy atom. The molecular formula is C13H23N3O3S. The summed E-state index contributed by atoms with van der Waals surface area (Å²) in [6.07, 6.45) is 4.07. The molecule has 114 valence electrons. The Morgan fingerprint density at radius 1 is 1.35 bits per heavy atom. The molecular weight excluding hydrogens is 278 g/mol. The molecule has 0 radical (unpaired) electrons. The van der Waals surface area contributed by atoms with Crippen LogP contribution in [0, 0.1) is 0 Å². The van der Waals surface area contributed by atoms with Crippen LogP contribution in [0.15, 0.2) is 0 Å². The number of hydrogen-bond donors (Lipinski definition) is 4. The van der Waals surface area contributed by atoms with Gasteiger partial charge in [-0.15, -0.1) is 0 Å². The number of thioether (sulfide) groups is 1. The number of aliphatic hydroxyl groups excluding tert-OH is 1. The molecule has 0 aromatic carbocycles. The van der Waals surface area contributed by atoms with Crippen molar-refractivity contribution in [3.8, 4) is 0 Å². The van der Waals surface area contributed by atoms with Crippen LogP contribution in [-0.2, 0) is 4.79 Å². The van der Waals surface area contributed by atoms with Crippen molar-refractivity contribution in [1.82, 2.24) is 16.0 Å². The van der Waals surface area contributed by atoms with Gasteiger partial charge >= 0.3 is 6.03 Å². The molecule has 2 heterocycles. The molecule has 2 fully saturated rings. The molecule has 3 atom stereocenters. The lowest BCUT2D eigenvalue weighted by molar-refractivity contribution is -0.121. The third kappa shape index (κ3) is 4.28. The number of aliphatic hydroxyl groups is 1.